The molecule has 0 fully saturated rings. The number of fused-ring (bicyclic) bond motifs is 1. The predicted molar refractivity (Wildman–Crippen MR) is 180 cm³/mol. The van der Waals surface area contributed by atoms with E-state index in [1.807, 2.05) is 54.6 Å². The molecule has 4 rings (SSSR count). The van der Waals surface area contributed by atoms with Gasteiger partial charge in [-0.05, 0) is 74.6 Å². The number of ether oxygens (including phenoxy) is 2. The van der Waals surface area contributed by atoms with Crippen LogP contribution in [0.1, 0.15) is 59.9 Å². The van der Waals surface area contributed by atoms with Gasteiger partial charge in [0.15, 0.2) is 0 Å². The largest absolute Gasteiger partial charge is 0.495 e. The Hall–Kier alpha value is -4.37. The van der Waals surface area contributed by atoms with E-state index < -0.39 is 0 Å². The molecule has 44 heavy (non-hydrogen) atoms. The van der Waals surface area contributed by atoms with Gasteiger partial charge >= 0.3 is 6.03 Å². The van der Waals surface area contributed by atoms with E-state index in [4.69, 9.17) is 9.47 Å². The topological polar surface area (TPSA) is 101 Å². The van der Waals surface area contributed by atoms with Crippen molar-refractivity contribution in [2.75, 3.05) is 42.7 Å². The van der Waals surface area contributed by atoms with E-state index in [-0.39, 0.29) is 17.5 Å². The van der Waals surface area contributed by atoms with Gasteiger partial charge in [-0.15, -0.1) is 0 Å². The number of anilines is 3. The van der Waals surface area contributed by atoms with Crippen molar-refractivity contribution in [1.82, 2.24) is 14.9 Å². The van der Waals surface area contributed by atoms with Gasteiger partial charge in [-0.3, -0.25) is 0 Å². The van der Waals surface area contributed by atoms with Crippen molar-refractivity contribution in [2.24, 2.45) is 0 Å². The molecular weight excluding hydrogens is 552 g/mol. The fraction of sp³-hybridized carbons (Fsp3) is 0.400. The third-order valence-electron chi connectivity index (χ3n) is 7.67. The number of carbonyl (C=O) groups is 1. The van der Waals surface area contributed by atoms with Crippen molar-refractivity contribution in [2.45, 2.75) is 65.8 Å². The standard InChI is InChI=1S/C35H46N6O3/c1-8-41(9-2)22-12-13-24(3)37-33-36-21-20-32(40-33)44-30-19-17-28(26-14-10-11-15-27(26)30)38-34(42)39-29-23-25(35(4,5)6)16-18-31(29)43-7/h10-11,14-21,23-24H,8-9,12-13,22H2,1-7H3,(H,36,37,40)(H2,38,39,42). The molecule has 2 amide bonds. The van der Waals surface area contributed by atoms with Gasteiger partial charge in [-0.1, -0.05) is 65.0 Å². The fourth-order valence-electron chi connectivity index (χ4n) is 5.05. The SMILES string of the molecule is CCN(CC)CCCC(C)Nc1nccc(Oc2ccc(NC(=O)Nc3cc(C(C)(C)C)ccc3OC)c3ccccc23)n1. The van der Waals surface area contributed by atoms with Gasteiger partial charge in [-0.25, -0.2) is 9.78 Å². The zero-order chi connectivity index (χ0) is 31.7. The minimum absolute atomic E-state index is 0.0743. The van der Waals surface area contributed by atoms with E-state index in [9.17, 15) is 4.79 Å². The number of methoxy groups -OCH3 is 1. The number of benzene rings is 3. The van der Waals surface area contributed by atoms with Crippen LogP contribution < -0.4 is 25.4 Å². The van der Waals surface area contributed by atoms with E-state index in [0.717, 1.165) is 48.8 Å². The summed E-state index contributed by atoms with van der Waals surface area (Å²) in [6.07, 6.45) is 3.82. The maximum absolute atomic E-state index is 13.2. The average Bonchev–Trinajstić information content (AvgIpc) is 3.00. The normalized spacial score (nSPS) is 12.2. The molecule has 3 N–H and O–H groups in total. The quantitative estimate of drug-likeness (QED) is 0.142. The van der Waals surface area contributed by atoms with Crippen molar-refractivity contribution in [3.05, 3.63) is 72.4 Å². The van der Waals surface area contributed by atoms with Gasteiger partial charge < -0.3 is 30.3 Å². The molecule has 0 spiro atoms. The predicted octanol–water partition coefficient (Wildman–Crippen LogP) is 8.29. The summed E-state index contributed by atoms with van der Waals surface area (Å²) in [5, 5.41) is 11.0. The lowest BCUT2D eigenvalue weighted by Crippen LogP contribution is -2.26. The van der Waals surface area contributed by atoms with Gasteiger partial charge in [0.1, 0.15) is 11.5 Å². The molecule has 0 bridgehead atoms. The lowest BCUT2D eigenvalue weighted by atomic mass is 9.87. The van der Waals surface area contributed by atoms with E-state index in [1.54, 1.807) is 19.4 Å². The molecule has 1 unspecified atom stereocenters. The second-order valence-corrected chi connectivity index (χ2v) is 11.9. The highest BCUT2D eigenvalue weighted by molar-refractivity contribution is 6.08. The second kappa shape index (κ2) is 14.9. The first-order valence-electron chi connectivity index (χ1n) is 15.4. The smallest absolute Gasteiger partial charge is 0.323 e. The number of rotatable bonds is 13. The average molecular weight is 599 g/mol. The zero-order valence-electron chi connectivity index (χ0n) is 27.0. The number of hydrogen-bond acceptors (Lipinski definition) is 7. The highest BCUT2D eigenvalue weighted by Crippen LogP contribution is 2.35. The van der Waals surface area contributed by atoms with Crippen LogP contribution >= 0.6 is 0 Å². The minimum atomic E-state index is -0.370. The Morgan fingerprint density at radius 1 is 0.932 bits per heavy atom. The number of urea groups is 1. The third-order valence-corrected chi connectivity index (χ3v) is 7.67. The number of aromatic nitrogens is 2. The van der Waals surface area contributed by atoms with Crippen LogP contribution in [0.25, 0.3) is 10.8 Å². The Bertz CT molecular complexity index is 1550. The Balaban J connectivity index is 1.46. The van der Waals surface area contributed by atoms with E-state index >= 15 is 0 Å². The van der Waals surface area contributed by atoms with Crippen LogP contribution in [0.15, 0.2) is 66.9 Å². The van der Waals surface area contributed by atoms with Crippen molar-refractivity contribution in [1.29, 1.82) is 0 Å². The van der Waals surface area contributed by atoms with Crippen molar-refractivity contribution < 1.29 is 14.3 Å². The molecule has 9 heteroatoms. The molecular formula is C35H46N6O3. The number of nitrogens with zero attached hydrogens (tertiary/aromatic N) is 3. The number of hydrogen-bond donors (Lipinski definition) is 3. The molecule has 234 valence electrons. The monoisotopic (exact) mass is 598 g/mol. The Labute approximate surface area is 261 Å². The first-order chi connectivity index (χ1) is 21.1. The maximum Gasteiger partial charge on any atom is 0.323 e. The molecule has 1 heterocycles. The number of carbonyl (C=O) groups excluding carboxylic acids is 1. The molecule has 1 aromatic heterocycles. The number of nitrogens with one attached hydrogen (secondary N) is 3. The van der Waals surface area contributed by atoms with Gasteiger partial charge in [0.25, 0.3) is 0 Å². The first kappa shape index (κ1) is 32.5. The van der Waals surface area contributed by atoms with E-state index in [2.05, 4.69) is 72.4 Å². The molecule has 0 saturated carbocycles. The molecule has 0 aliphatic rings. The van der Waals surface area contributed by atoms with Crippen molar-refractivity contribution in [3.63, 3.8) is 0 Å². The van der Waals surface area contributed by atoms with Gasteiger partial charge in [0.2, 0.25) is 11.8 Å². The summed E-state index contributed by atoms with van der Waals surface area (Å²) < 4.78 is 11.7. The zero-order valence-corrected chi connectivity index (χ0v) is 27.0. The van der Waals surface area contributed by atoms with Crippen LogP contribution in [0.5, 0.6) is 17.4 Å². The number of amides is 2. The van der Waals surface area contributed by atoms with Crippen LogP contribution in [-0.2, 0) is 5.41 Å². The van der Waals surface area contributed by atoms with E-state index in [1.165, 1.54) is 0 Å². The van der Waals surface area contributed by atoms with Crippen molar-refractivity contribution >= 4 is 34.1 Å². The van der Waals surface area contributed by atoms with Crippen LogP contribution in [0.3, 0.4) is 0 Å². The Kier molecular flexibility index (Phi) is 11.0. The lowest BCUT2D eigenvalue weighted by Gasteiger charge is -2.21. The summed E-state index contributed by atoms with van der Waals surface area (Å²) in [6.45, 7) is 16.1. The van der Waals surface area contributed by atoms with Gasteiger partial charge in [-0.2, -0.15) is 4.98 Å². The second-order valence-electron chi connectivity index (χ2n) is 11.9. The van der Waals surface area contributed by atoms with Crippen LogP contribution in [-0.4, -0.2) is 53.7 Å². The molecule has 0 radical (unpaired) electrons. The summed E-state index contributed by atoms with van der Waals surface area (Å²) in [7, 11) is 1.59. The fourth-order valence-corrected chi connectivity index (χ4v) is 5.05. The van der Waals surface area contributed by atoms with Crippen LogP contribution in [0.2, 0.25) is 0 Å². The van der Waals surface area contributed by atoms with Crippen LogP contribution in [0.4, 0.5) is 22.1 Å². The lowest BCUT2D eigenvalue weighted by molar-refractivity contribution is 0.262. The summed E-state index contributed by atoms with van der Waals surface area (Å²) in [6, 6.07) is 18.9. The Morgan fingerprint density at radius 2 is 1.64 bits per heavy atom. The molecule has 0 aliphatic heterocycles. The Morgan fingerprint density at radius 3 is 2.34 bits per heavy atom. The molecule has 4 aromatic rings. The molecule has 0 saturated heterocycles. The molecule has 9 nitrogen and oxygen atoms in total. The summed E-state index contributed by atoms with van der Waals surface area (Å²) in [5.74, 6) is 2.19. The van der Waals surface area contributed by atoms with Crippen LogP contribution in [0, 0.1) is 0 Å². The molecule has 3 aromatic carbocycles. The summed E-state index contributed by atoms with van der Waals surface area (Å²) in [4.78, 5) is 24.6. The van der Waals surface area contributed by atoms with Crippen molar-refractivity contribution in [3.8, 4) is 17.4 Å². The summed E-state index contributed by atoms with van der Waals surface area (Å²) in [5.41, 5.74) is 2.27. The molecule has 1 atom stereocenters. The molecule has 0 aliphatic carbocycles. The van der Waals surface area contributed by atoms with Gasteiger partial charge in [0, 0.05) is 29.1 Å². The van der Waals surface area contributed by atoms with Gasteiger partial charge in [0.05, 0.1) is 18.5 Å². The highest BCUT2D eigenvalue weighted by atomic mass is 16.5. The van der Waals surface area contributed by atoms with E-state index in [0.29, 0.717) is 34.7 Å². The maximum atomic E-state index is 13.2. The minimum Gasteiger partial charge on any atom is -0.495 e. The highest BCUT2D eigenvalue weighted by Gasteiger charge is 2.18. The summed E-state index contributed by atoms with van der Waals surface area (Å²) >= 11 is 0. The third kappa shape index (κ3) is 8.60. The first-order valence-corrected chi connectivity index (χ1v) is 15.4.